The van der Waals surface area contributed by atoms with Crippen molar-refractivity contribution < 1.29 is 18.3 Å². The third kappa shape index (κ3) is 4.24. The number of rotatable bonds is 3. The molecular weight excluding hydrogens is 509 g/mol. The van der Waals surface area contributed by atoms with E-state index in [0.29, 0.717) is 22.5 Å². The van der Waals surface area contributed by atoms with Crippen LogP contribution in [0.1, 0.15) is 32.3 Å². The second kappa shape index (κ2) is 8.94. The second-order valence-corrected chi connectivity index (χ2v) is 10.1. The zero-order valence-corrected chi connectivity index (χ0v) is 21.1. The lowest BCUT2D eigenvalue weighted by atomic mass is 9.77. The van der Waals surface area contributed by atoms with Gasteiger partial charge in [0.1, 0.15) is 28.0 Å². The van der Waals surface area contributed by atoms with Gasteiger partial charge in [0.2, 0.25) is 0 Å². The molecule has 2 aromatic carbocycles. The standard InChI is InChI=1S/C26H22Cl2F2N4O2/c1-12-20-17(11-16(29)21(22(20)30)15-6-4-5-13-7-8-31-23(13)15)34-26(2,3)24(12)36-25(35)32-14-9-18(27)33-19(28)10-14/h4-12,24,31,34H,1-3H3,(H,32,33,35)/t12-,24?/m0/s1. The first kappa shape index (κ1) is 24.3. The molecule has 186 valence electrons. The predicted molar refractivity (Wildman–Crippen MR) is 138 cm³/mol. The van der Waals surface area contributed by atoms with E-state index in [1.165, 1.54) is 18.2 Å². The normalized spacial score (nSPS) is 18.4. The molecule has 5 rings (SSSR count). The average Bonchev–Trinajstić information content (AvgIpc) is 3.25. The summed E-state index contributed by atoms with van der Waals surface area (Å²) < 4.78 is 37.2. The Morgan fingerprint density at radius 1 is 1.14 bits per heavy atom. The van der Waals surface area contributed by atoms with Crippen LogP contribution >= 0.6 is 23.2 Å². The number of fused-ring (bicyclic) bond motifs is 2. The molecule has 0 bridgehead atoms. The summed E-state index contributed by atoms with van der Waals surface area (Å²) >= 11 is 11.8. The molecule has 0 fully saturated rings. The van der Waals surface area contributed by atoms with Crippen molar-refractivity contribution in [3.8, 4) is 11.1 Å². The molecule has 1 amide bonds. The molecule has 10 heteroatoms. The van der Waals surface area contributed by atoms with Gasteiger partial charge in [0, 0.05) is 28.9 Å². The molecule has 1 aliphatic rings. The van der Waals surface area contributed by atoms with Crippen LogP contribution in [-0.4, -0.2) is 27.7 Å². The van der Waals surface area contributed by atoms with Crippen LogP contribution in [0.5, 0.6) is 0 Å². The summed E-state index contributed by atoms with van der Waals surface area (Å²) in [5.74, 6) is -1.99. The minimum absolute atomic E-state index is 0.105. The van der Waals surface area contributed by atoms with Crippen LogP contribution in [0.2, 0.25) is 10.3 Å². The van der Waals surface area contributed by atoms with Gasteiger partial charge >= 0.3 is 6.09 Å². The molecule has 3 N–H and O–H groups in total. The summed E-state index contributed by atoms with van der Waals surface area (Å²) in [6.07, 6.45) is 0.148. The maximum atomic E-state index is 16.1. The van der Waals surface area contributed by atoms with Gasteiger partial charge in [-0.15, -0.1) is 0 Å². The Balaban J connectivity index is 1.51. The van der Waals surface area contributed by atoms with Gasteiger partial charge in [-0.05, 0) is 43.5 Å². The number of ether oxygens (including phenoxy) is 1. The number of anilines is 2. The highest BCUT2D eigenvalue weighted by atomic mass is 35.5. The highest BCUT2D eigenvalue weighted by Crippen LogP contribution is 2.46. The van der Waals surface area contributed by atoms with Gasteiger partial charge in [-0.1, -0.05) is 48.3 Å². The van der Waals surface area contributed by atoms with Crippen molar-refractivity contribution in [2.24, 2.45) is 0 Å². The highest BCUT2D eigenvalue weighted by Gasteiger charge is 2.45. The van der Waals surface area contributed by atoms with Gasteiger partial charge in [0.25, 0.3) is 0 Å². The number of carbonyl (C=O) groups excluding carboxylic acids is 1. The van der Waals surface area contributed by atoms with E-state index in [1.54, 1.807) is 39.1 Å². The van der Waals surface area contributed by atoms with Crippen LogP contribution in [-0.2, 0) is 4.74 Å². The third-order valence-corrected chi connectivity index (χ3v) is 6.82. The zero-order valence-electron chi connectivity index (χ0n) is 19.5. The molecular formula is C26H22Cl2F2N4O2. The molecule has 1 aliphatic heterocycles. The fourth-order valence-corrected chi connectivity index (χ4v) is 5.43. The first-order valence-corrected chi connectivity index (χ1v) is 12.0. The van der Waals surface area contributed by atoms with Crippen LogP contribution in [0.3, 0.4) is 0 Å². The first-order chi connectivity index (χ1) is 17.0. The topological polar surface area (TPSA) is 79.0 Å². The van der Waals surface area contributed by atoms with Crippen molar-refractivity contribution in [1.82, 2.24) is 9.97 Å². The number of hydrogen-bond donors (Lipinski definition) is 3. The molecule has 4 aromatic rings. The number of amides is 1. The molecule has 0 radical (unpaired) electrons. The van der Waals surface area contributed by atoms with E-state index >= 15 is 8.78 Å². The Kier molecular flexibility index (Phi) is 6.04. The Morgan fingerprint density at radius 2 is 1.86 bits per heavy atom. The molecule has 0 spiro atoms. The Bertz CT molecular complexity index is 1480. The van der Waals surface area contributed by atoms with Crippen molar-refractivity contribution >= 4 is 51.6 Å². The summed E-state index contributed by atoms with van der Waals surface area (Å²) in [7, 11) is 0. The maximum absolute atomic E-state index is 16.1. The lowest BCUT2D eigenvalue weighted by molar-refractivity contribution is 0.0561. The number of hydrogen-bond acceptors (Lipinski definition) is 4. The average molecular weight is 531 g/mol. The first-order valence-electron chi connectivity index (χ1n) is 11.2. The summed E-state index contributed by atoms with van der Waals surface area (Å²) in [5.41, 5.74) is 0.924. The minimum atomic E-state index is -0.836. The van der Waals surface area contributed by atoms with Crippen molar-refractivity contribution in [1.29, 1.82) is 0 Å². The third-order valence-electron chi connectivity index (χ3n) is 6.43. The van der Waals surface area contributed by atoms with Crippen LogP contribution in [0.25, 0.3) is 22.0 Å². The predicted octanol–water partition coefficient (Wildman–Crippen LogP) is 7.74. The maximum Gasteiger partial charge on any atom is 0.412 e. The fraction of sp³-hybridized carbons (Fsp3) is 0.231. The molecule has 2 atom stereocenters. The van der Waals surface area contributed by atoms with E-state index in [4.69, 9.17) is 27.9 Å². The fourth-order valence-electron chi connectivity index (χ4n) is 4.97. The van der Waals surface area contributed by atoms with E-state index in [1.807, 2.05) is 12.1 Å². The lowest BCUT2D eigenvalue weighted by Gasteiger charge is -2.44. The second-order valence-electron chi connectivity index (χ2n) is 9.34. The minimum Gasteiger partial charge on any atom is -0.443 e. The van der Waals surface area contributed by atoms with Crippen LogP contribution in [0, 0.1) is 11.6 Å². The zero-order chi connectivity index (χ0) is 25.8. The number of nitrogens with one attached hydrogen (secondary N) is 3. The van der Waals surface area contributed by atoms with Crippen LogP contribution in [0.15, 0.2) is 48.7 Å². The van der Waals surface area contributed by atoms with Gasteiger partial charge in [-0.2, -0.15) is 0 Å². The molecule has 36 heavy (non-hydrogen) atoms. The quantitative estimate of drug-likeness (QED) is 0.236. The van der Waals surface area contributed by atoms with Crippen molar-refractivity contribution in [2.45, 2.75) is 38.3 Å². The largest absolute Gasteiger partial charge is 0.443 e. The molecule has 0 saturated carbocycles. The number of aromatic nitrogens is 2. The number of pyridine rings is 1. The van der Waals surface area contributed by atoms with Gasteiger partial charge in [0.15, 0.2) is 0 Å². The van der Waals surface area contributed by atoms with Crippen LogP contribution < -0.4 is 10.6 Å². The number of para-hydroxylation sites is 1. The summed E-state index contributed by atoms with van der Waals surface area (Å²) in [6, 6.07) is 11.3. The van der Waals surface area contributed by atoms with E-state index in [9.17, 15) is 4.79 Å². The summed E-state index contributed by atoms with van der Waals surface area (Å²) in [4.78, 5) is 19.7. The monoisotopic (exact) mass is 530 g/mol. The van der Waals surface area contributed by atoms with E-state index in [0.717, 1.165) is 5.39 Å². The van der Waals surface area contributed by atoms with Crippen molar-refractivity contribution in [2.75, 3.05) is 10.6 Å². The number of carbonyl (C=O) groups is 1. The molecule has 0 saturated heterocycles. The number of aromatic amines is 1. The summed E-state index contributed by atoms with van der Waals surface area (Å²) in [6.45, 7) is 5.35. The SMILES string of the molecule is C[C@H]1c2c(cc(F)c(-c3cccc4cc[nH]c34)c2F)NC(C)(C)C1OC(=O)Nc1cc(Cl)nc(Cl)c1. The van der Waals surface area contributed by atoms with Crippen molar-refractivity contribution in [3.05, 3.63) is 76.2 Å². The summed E-state index contributed by atoms with van der Waals surface area (Å²) in [5, 5.41) is 6.78. The number of benzene rings is 2. The Labute approximate surface area is 216 Å². The Morgan fingerprint density at radius 3 is 2.58 bits per heavy atom. The molecule has 2 aromatic heterocycles. The lowest BCUT2D eigenvalue weighted by Crippen LogP contribution is -2.52. The number of H-pyrrole nitrogens is 1. The van der Waals surface area contributed by atoms with Gasteiger partial charge in [-0.3, -0.25) is 5.32 Å². The smallest absolute Gasteiger partial charge is 0.412 e. The molecule has 1 unspecified atom stereocenters. The number of halogens is 4. The Hall–Kier alpha value is -3.36. The molecule has 3 heterocycles. The van der Waals surface area contributed by atoms with E-state index < -0.39 is 35.3 Å². The molecule has 6 nitrogen and oxygen atoms in total. The van der Waals surface area contributed by atoms with Gasteiger partial charge in [-0.25, -0.2) is 18.6 Å². The van der Waals surface area contributed by atoms with Gasteiger partial charge in [0.05, 0.1) is 22.3 Å². The van der Waals surface area contributed by atoms with E-state index in [-0.39, 0.29) is 21.4 Å². The van der Waals surface area contributed by atoms with Crippen LogP contribution in [0.4, 0.5) is 25.0 Å². The highest BCUT2D eigenvalue weighted by molar-refractivity contribution is 6.32. The number of nitrogens with zero attached hydrogens (tertiary/aromatic N) is 1. The van der Waals surface area contributed by atoms with Gasteiger partial charge < -0.3 is 15.0 Å². The van der Waals surface area contributed by atoms with Crippen molar-refractivity contribution in [3.63, 3.8) is 0 Å². The molecule has 0 aliphatic carbocycles. The van der Waals surface area contributed by atoms with E-state index in [2.05, 4.69) is 20.6 Å².